The van der Waals surface area contributed by atoms with Gasteiger partial charge < -0.3 is 15.5 Å². The molecule has 1 aliphatic heterocycles. The van der Waals surface area contributed by atoms with Crippen LogP contribution in [0.4, 0.5) is 22.9 Å². The first-order valence-corrected chi connectivity index (χ1v) is 9.98. The zero-order valence-corrected chi connectivity index (χ0v) is 16.8. The highest BCUT2D eigenvalue weighted by molar-refractivity contribution is 9.10. The molecule has 0 bridgehead atoms. The van der Waals surface area contributed by atoms with Crippen LogP contribution in [0.3, 0.4) is 0 Å². The number of hydrogen-bond acceptors (Lipinski definition) is 5. The quantitative estimate of drug-likeness (QED) is 0.597. The van der Waals surface area contributed by atoms with Crippen LogP contribution >= 0.6 is 15.9 Å². The second-order valence-corrected chi connectivity index (χ2v) is 7.57. The predicted molar refractivity (Wildman–Crippen MR) is 115 cm³/mol. The molecule has 0 saturated carbocycles. The van der Waals surface area contributed by atoms with E-state index in [-0.39, 0.29) is 5.91 Å². The minimum Gasteiger partial charge on any atom is -0.370 e. The third kappa shape index (κ3) is 4.48. The largest absolute Gasteiger partial charge is 0.370 e. The smallest absolute Gasteiger partial charge is 0.255 e. The van der Waals surface area contributed by atoms with E-state index in [1.807, 2.05) is 42.5 Å². The monoisotopic (exact) mass is 437 g/mol. The summed E-state index contributed by atoms with van der Waals surface area (Å²) in [6, 6.07) is 16.8. The molecule has 28 heavy (non-hydrogen) atoms. The standard InChI is InChI=1S/C21H20BrN5O/c22-16-5-3-15(4-6-16)21(28)25-18-9-7-17(8-10-18)24-20-13-19(14-23-26-20)27-11-1-2-12-27/h3-10,13-14H,1-2,11-12H2,(H,24,26)(H,25,28). The van der Waals surface area contributed by atoms with Crippen molar-refractivity contribution in [1.29, 1.82) is 0 Å². The number of nitrogens with one attached hydrogen (secondary N) is 2. The SMILES string of the molecule is O=C(Nc1ccc(Nc2cc(N3CCCC3)cnn2)cc1)c1ccc(Br)cc1. The molecule has 2 heterocycles. The van der Waals surface area contributed by atoms with Crippen molar-refractivity contribution in [2.75, 3.05) is 28.6 Å². The molecule has 0 radical (unpaired) electrons. The van der Waals surface area contributed by atoms with E-state index in [1.54, 1.807) is 18.3 Å². The van der Waals surface area contributed by atoms with Crippen molar-refractivity contribution < 1.29 is 4.79 Å². The van der Waals surface area contributed by atoms with E-state index in [0.29, 0.717) is 11.4 Å². The average molecular weight is 438 g/mol. The minimum absolute atomic E-state index is 0.141. The van der Waals surface area contributed by atoms with Gasteiger partial charge in [-0.3, -0.25) is 4.79 Å². The molecule has 1 aliphatic rings. The van der Waals surface area contributed by atoms with E-state index in [4.69, 9.17) is 0 Å². The lowest BCUT2D eigenvalue weighted by Crippen LogP contribution is -2.18. The Balaban J connectivity index is 1.40. The molecular formula is C21H20BrN5O. The van der Waals surface area contributed by atoms with Crippen molar-refractivity contribution in [1.82, 2.24) is 10.2 Å². The van der Waals surface area contributed by atoms with Gasteiger partial charge in [0.15, 0.2) is 5.82 Å². The number of hydrogen-bond donors (Lipinski definition) is 2. The van der Waals surface area contributed by atoms with Gasteiger partial charge in [0.2, 0.25) is 0 Å². The number of carbonyl (C=O) groups excluding carboxylic acids is 1. The molecule has 1 aromatic heterocycles. The molecule has 4 rings (SSSR count). The number of anilines is 4. The molecule has 7 heteroatoms. The summed E-state index contributed by atoms with van der Waals surface area (Å²) in [5.74, 6) is 0.563. The zero-order chi connectivity index (χ0) is 19.3. The van der Waals surface area contributed by atoms with Crippen molar-refractivity contribution in [3.05, 3.63) is 70.8 Å². The van der Waals surface area contributed by atoms with Crippen LogP contribution in [0.15, 0.2) is 65.3 Å². The van der Waals surface area contributed by atoms with Gasteiger partial charge in [-0.15, -0.1) is 5.10 Å². The Kier molecular flexibility index (Phi) is 5.53. The van der Waals surface area contributed by atoms with Crippen molar-refractivity contribution in [2.24, 2.45) is 0 Å². The van der Waals surface area contributed by atoms with E-state index in [1.165, 1.54) is 12.8 Å². The summed E-state index contributed by atoms with van der Waals surface area (Å²) in [6.07, 6.45) is 4.24. The number of aromatic nitrogens is 2. The molecule has 2 N–H and O–H groups in total. The molecule has 1 saturated heterocycles. The van der Waals surface area contributed by atoms with Gasteiger partial charge in [-0.25, -0.2) is 0 Å². The highest BCUT2D eigenvalue weighted by Gasteiger charge is 2.13. The fourth-order valence-electron chi connectivity index (χ4n) is 3.16. The van der Waals surface area contributed by atoms with Gasteiger partial charge in [-0.05, 0) is 61.4 Å². The molecule has 142 valence electrons. The van der Waals surface area contributed by atoms with E-state index in [0.717, 1.165) is 34.6 Å². The maximum Gasteiger partial charge on any atom is 0.255 e. The molecule has 6 nitrogen and oxygen atoms in total. The lowest BCUT2D eigenvalue weighted by atomic mass is 10.2. The van der Waals surface area contributed by atoms with E-state index in [2.05, 4.69) is 41.7 Å². The first kappa shape index (κ1) is 18.4. The third-order valence-corrected chi connectivity index (χ3v) is 5.16. The van der Waals surface area contributed by atoms with Crippen molar-refractivity contribution in [3.63, 3.8) is 0 Å². The Labute approximate surface area is 172 Å². The lowest BCUT2D eigenvalue weighted by molar-refractivity contribution is 0.102. The Bertz CT molecular complexity index is 953. The van der Waals surface area contributed by atoms with Gasteiger partial charge in [-0.1, -0.05) is 15.9 Å². The predicted octanol–water partition coefficient (Wildman–Crippen LogP) is 4.84. The molecule has 1 fully saturated rings. The van der Waals surface area contributed by atoms with E-state index in [9.17, 15) is 4.79 Å². The maximum atomic E-state index is 12.3. The van der Waals surface area contributed by atoms with Crippen LogP contribution in [0.5, 0.6) is 0 Å². The molecule has 0 spiro atoms. The van der Waals surface area contributed by atoms with Crippen molar-refractivity contribution in [2.45, 2.75) is 12.8 Å². The average Bonchev–Trinajstić information content (AvgIpc) is 3.25. The van der Waals surface area contributed by atoms with Gasteiger partial charge in [-0.2, -0.15) is 5.10 Å². The lowest BCUT2D eigenvalue weighted by Gasteiger charge is -2.17. The third-order valence-electron chi connectivity index (χ3n) is 4.63. The second-order valence-electron chi connectivity index (χ2n) is 6.66. The second kappa shape index (κ2) is 8.39. The fourth-order valence-corrected chi connectivity index (χ4v) is 3.42. The first-order valence-electron chi connectivity index (χ1n) is 9.19. The molecular weight excluding hydrogens is 418 g/mol. The topological polar surface area (TPSA) is 70.2 Å². The Morgan fingerprint density at radius 1 is 0.964 bits per heavy atom. The summed E-state index contributed by atoms with van der Waals surface area (Å²) < 4.78 is 0.941. The zero-order valence-electron chi connectivity index (χ0n) is 15.2. The highest BCUT2D eigenvalue weighted by Crippen LogP contribution is 2.23. The normalized spacial score (nSPS) is 13.4. The van der Waals surface area contributed by atoms with Crippen LogP contribution < -0.4 is 15.5 Å². The van der Waals surface area contributed by atoms with Crippen LogP contribution in [0.2, 0.25) is 0 Å². The van der Waals surface area contributed by atoms with E-state index >= 15 is 0 Å². The number of carbonyl (C=O) groups is 1. The van der Waals surface area contributed by atoms with Crippen LogP contribution in [-0.4, -0.2) is 29.2 Å². The Morgan fingerprint density at radius 2 is 1.64 bits per heavy atom. The number of benzene rings is 2. The molecule has 2 aromatic carbocycles. The summed E-state index contributed by atoms with van der Waals surface area (Å²) in [6.45, 7) is 2.13. The summed E-state index contributed by atoms with van der Waals surface area (Å²) in [4.78, 5) is 14.6. The molecule has 1 amide bonds. The summed E-state index contributed by atoms with van der Waals surface area (Å²) >= 11 is 3.37. The van der Waals surface area contributed by atoms with Crippen LogP contribution in [0, 0.1) is 0 Å². The molecule has 0 atom stereocenters. The summed E-state index contributed by atoms with van der Waals surface area (Å²) in [5, 5.41) is 14.4. The molecule has 0 unspecified atom stereocenters. The molecule has 3 aromatic rings. The molecule has 0 aliphatic carbocycles. The van der Waals surface area contributed by atoms with Crippen LogP contribution in [0.1, 0.15) is 23.2 Å². The van der Waals surface area contributed by atoms with Gasteiger partial charge in [0.05, 0.1) is 11.9 Å². The number of rotatable bonds is 5. The number of halogens is 1. The number of amides is 1. The highest BCUT2D eigenvalue weighted by atomic mass is 79.9. The van der Waals surface area contributed by atoms with Gasteiger partial charge in [0.25, 0.3) is 5.91 Å². The van der Waals surface area contributed by atoms with Crippen molar-refractivity contribution in [3.8, 4) is 0 Å². The van der Waals surface area contributed by atoms with Crippen molar-refractivity contribution >= 4 is 44.7 Å². The van der Waals surface area contributed by atoms with Crippen LogP contribution in [0.25, 0.3) is 0 Å². The summed E-state index contributed by atoms with van der Waals surface area (Å²) in [5.41, 5.74) is 3.32. The van der Waals surface area contributed by atoms with Gasteiger partial charge in [0, 0.05) is 40.6 Å². The first-order chi connectivity index (χ1) is 13.7. The Morgan fingerprint density at radius 3 is 2.36 bits per heavy atom. The minimum atomic E-state index is -0.141. The summed E-state index contributed by atoms with van der Waals surface area (Å²) in [7, 11) is 0. The maximum absolute atomic E-state index is 12.3. The van der Waals surface area contributed by atoms with Gasteiger partial charge >= 0.3 is 0 Å². The fraction of sp³-hybridized carbons (Fsp3) is 0.190. The number of nitrogens with zero attached hydrogens (tertiary/aromatic N) is 3. The Hall–Kier alpha value is -2.93. The van der Waals surface area contributed by atoms with Gasteiger partial charge in [0.1, 0.15) is 0 Å². The van der Waals surface area contributed by atoms with Crippen LogP contribution in [-0.2, 0) is 0 Å². The van der Waals surface area contributed by atoms with E-state index < -0.39 is 0 Å².